The van der Waals surface area contributed by atoms with Gasteiger partial charge in [0, 0.05) is 31.4 Å². The highest BCUT2D eigenvalue weighted by Crippen LogP contribution is 2.18. The van der Waals surface area contributed by atoms with Gasteiger partial charge in [-0.15, -0.1) is 0 Å². The molecule has 2 rings (SSSR count). The molecule has 0 bridgehead atoms. The third-order valence-electron chi connectivity index (χ3n) is 3.13. The minimum atomic E-state index is 0.409. The Hall–Kier alpha value is -1.81. The lowest BCUT2D eigenvalue weighted by Crippen LogP contribution is -2.30. The first-order valence-corrected chi connectivity index (χ1v) is 6.63. The van der Waals surface area contributed by atoms with Gasteiger partial charge in [0.25, 0.3) is 0 Å². The third-order valence-corrected chi connectivity index (χ3v) is 3.13. The van der Waals surface area contributed by atoms with Crippen molar-refractivity contribution in [2.24, 2.45) is 0 Å². The molecule has 2 aromatic rings. The summed E-state index contributed by atoms with van der Waals surface area (Å²) in [4.78, 5) is 7.32. The van der Waals surface area contributed by atoms with Crippen LogP contribution in [0.25, 0.3) is 0 Å². The van der Waals surface area contributed by atoms with E-state index in [4.69, 9.17) is 4.74 Å². The van der Waals surface area contributed by atoms with Crippen molar-refractivity contribution in [2.75, 3.05) is 13.7 Å². The van der Waals surface area contributed by atoms with E-state index in [2.05, 4.69) is 28.3 Å². The summed E-state index contributed by atoms with van der Waals surface area (Å²) in [5, 5.41) is 3.51. The molecule has 0 aliphatic rings. The molecule has 0 aliphatic heterocycles. The number of para-hydroxylation sites is 1. The number of nitrogens with zero attached hydrogens (tertiary/aromatic N) is 1. The van der Waals surface area contributed by atoms with Crippen molar-refractivity contribution < 1.29 is 4.74 Å². The average Bonchev–Trinajstić information content (AvgIpc) is 2.92. The number of ether oxygens (including phenoxy) is 1. The summed E-state index contributed by atoms with van der Waals surface area (Å²) in [7, 11) is 1.72. The van der Waals surface area contributed by atoms with Gasteiger partial charge in [0.2, 0.25) is 0 Å². The van der Waals surface area contributed by atoms with Gasteiger partial charge in [0.1, 0.15) is 11.6 Å². The van der Waals surface area contributed by atoms with Crippen LogP contribution in [-0.2, 0) is 12.8 Å². The van der Waals surface area contributed by atoms with Crippen LogP contribution in [0.4, 0.5) is 0 Å². The zero-order valence-corrected chi connectivity index (χ0v) is 11.5. The van der Waals surface area contributed by atoms with Gasteiger partial charge in [0.15, 0.2) is 0 Å². The van der Waals surface area contributed by atoms with Crippen molar-refractivity contribution in [3.05, 3.63) is 48.0 Å². The fraction of sp³-hybridized carbons (Fsp3) is 0.400. The molecule has 19 heavy (non-hydrogen) atoms. The van der Waals surface area contributed by atoms with Gasteiger partial charge in [-0.25, -0.2) is 4.98 Å². The molecule has 4 nitrogen and oxygen atoms in total. The molecule has 0 saturated carbocycles. The van der Waals surface area contributed by atoms with Crippen LogP contribution in [-0.4, -0.2) is 29.7 Å². The first-order chi connectivity index (χ1) is 9.29. The van der Waals surface area contributed by atoms with Gasteiger partial charge in [-0.1, -0.05) is 18.2 Å². The summed E-state index contributed by atoms with van der Waals surface area (Å²) in [6, 6.07) is 8.57. The lowest BCUT2D eigenvalue weighted by molar-refractivity contribution is 0.406. The van der Waals surface area contributed by atoms with Crippen LogP contribution < -0.4 is 10.1 Å². The number of imidazole rings is 1. The Kier molecular flexibility index (Phi) is 4.98. The Morgan fingerprint density at radius 1 is 1.37 bits per heavy atom. The summed E-state index contributed by atoms with van der Waals surface area (Å²) in [5.41, 5.74) is 1.24. The van der Waals surface area contributed by atoms with Crippen LogP contribution >= 0.6 is 0 Å². The summed E-state index contributed by atoms with van der Waals surface area (Å²) < 4.78 is 5.37. The smallest absolute Gasteiger partial charge is 0.122 e. The molecule has 0 aliphatic carbocycles. The fourth-order valence-electron chi connectivity index (χ4n) is 2.15. The minimum absolute atomic E-state index is 0.409. The molecule has 0 radical (unpaired) electrons. The zero-order chi connectivity index (χ0) is 13.5. The average molecular weight is 259 g/mol. The Bertz CT molecular complexity index is 482. The maximum atomic E-state index is 5.37. The van der Waals surface area contributed by atoms with Crippen LogP contribution in [0.2, 0.25) is 0 Å². The zero-order valence-electron chi connectivity index (χ0n) is 11.5. The number of hydrogen-bond donors (Lipinski definition) is 2. The van der Waals surface area contributed by atoms with E-state index >= 15 is 0 Å². The quantitative estimate of drug-likeness (QED) is 0.801. The van der Waals surface area contributed by atoms with Crippen LogP contribution in [0, 0.1) is 0 Å². The molecule has 0 spiro atoms. The number of aromatic amines is 1. The third kappa shape index (κ3) is 4.10. The number of methoxy groups -OCH3 is 1. The van der Waals surface area contributed by atoms with Crippen molar-refractivity contribution in [3.8, 4) is 5.75 Å². The molecule has 1 heterocycles. The molecule has 1 atom stereocenters. The van der Waals surface area contributed by atoms with E-state index in [9.17, 15) is 0 Å². The largest absolute Gasteiger partial charge is 0.496 e. The first-order valence-electron chi connectivity index (χ1n) is 6.63. The lowest BCUT2D eigenvalue weighted by atomic mass is 10.1. The Morgan fingerprint density at radius 3 is 2.95 bits per heavy atom. The second kappa shape index (κ2) is 6.95. The Labute approximate surface area is 114 Å². The van der Waals surface area contributed by atoms with E-state index in [-0.39, 0.29) is 0 Å². The standard InChI is InChI=1S/C15H21N3O/c1-12(16-8-7-15-17-9-10-18-15)11-13-5-3-4-6-14(13)19-2/h3-6,9-10,12,16H,7-8,11H2,1-2H3,(H,17,18). The molecular weight excluding hydrogens is 238 g/mol. The maximum Gasteiger partial charge on any atom is 0.122 e. The summed E-state index contributed by atoms with van der Waals surface area (Å²) in [6.07, 6.45) is 5.52. The molecule has 1 aromatic carbocycles. The minimum Gasteiger partial charge on any atom is -0.496 e. The van der Waals surface area contributed by atoms with Crippen molar-refractivity contribution in [1.29, 1.82) is 0 Å². The normalized spacial score (nSPS) is 12.3. The van der Waals surface area contributed by atoms with Gasteiger partial charge in [0.05, 0.1) is 7.11 Å². The lowest BCUT2D eigenvalue weighted by Gasteiger charge is -2.15. The van der Waals surface area contributed by atoms with Crippen LogP contribution in [0.5, 0.6) is 5.75 Å². The van der Waals surface area contributed by atoms with Gasteiger partial charge in [-0.05, 0) is 25.0 Å². The van der Waals surface area contributed by atoms with E-state index in [0.29, 0.717) is 6.04 Å². The highest BCUT2D eigenvalue weighted by atomic mass is 16.5. The van der Waals surface area contributed by atoms with Crippen LogP contribution in [0.1, 0.15) is 18.3 Å². The highest BCUT2D eigenvalue weighted by molar-refractivity contribution is 5.33. The predicted octanol–water partition coefficient (Wildman–Crippen LogP) is 2.18. The summed E-state index contributed by atoms with van der Waals surface area (Å²) >= 11 is 0. The maximum absolute atomic E-state index is 5.37. The number of aromatic nitrogens is 2. The molecule has 1 aromatic heterocycles. The molecule has 4 heteroatoms. The van der Waals surface area contributed by atoms with Gasteiger partial charge < -0.3 is 15.0 Å². The SMILES string of the molecule is COc1ccccc1CC(C)NCCc1ncc[nH]1. The van der Waals surface area contributed by atoms with E-state index in [1.165, 1.54) is 5.56 Å². The molecule has 102 valence electrons. The van der Waals surface area contributed by atoms with E-state index in [0.717, 1.165) is 31.0 Å². The molecule has 0 fully saturated rings. The van der Waals surface area contributed by atoms with E-state index < -0.39 is 0 Å². The Balaban J connectivity index is 1.79. The number of H-pyrrole nitrogens is 1. The number of hydrogen-bond acceptors (Lipinski definition) is 3. The molecule has 2 N–H and O–H groups in total. The van der Waals surface area contributed by atoms with E-state index in [1.807, 2.05) is 24.4 Å². The summed E-state index contributed by atoms with van der Waals surface area (Å²) in [6.45, 7) is 3.11. The number of rotatable bonds is 7. The van der Waals surface area contributed by atoms with Crippen molar-refractivity contribution in [3.63, 3.8) is 0 Å². The first kappa shape index (κ1) is 13.6. The van der Waals surface area contributed by atoms with Gasteiger partial charge in [-0.3, -0.25) is 0 Å². The second-order valence-corrected chi connectivity index (χ2v) is 4.66. The summed E-state index contributed by atoms with van der Waals surface area (Å²) in [5.74, 6) is 1.99. The fourth-order valence-corrected chi connectivity index (χ4v) is 2.15. The van der Waals surface area contributed by atoms with Crippen LogP contribution in [0.3, 0.4) is 0 Å². The molecule has 0 saturated heterocycles. The van der Waals surface area contributed by atoms with Crippen molar-refractivity contribution in [1.82, 2.24) is 15.3 Å². The van der Waals surface area contributed by atoms with Crippen LogP contribution in [0.15, 0.2) is 36.7 Å². The molecule has 0 amide bonds. The van der Waals surface area contributed by atoms with Gasteiger partial charge >= 0.3 is 0 Å². The second-order valence-electron chi connectivity index (χ2n) is 4.66. The molecule has 1 unspecified atom stereocenters. The highest BCUT2D eigenvalue weighted by Gasteiger charge is 2.07. The van der Waals surface area contributed by atoms with Crippen molar-refractivity contribution >= 4 is 0 Å². The topological polar surface area (TPSA) is 49.9 Å². The number of benzene rings is 1. The monoisotopic (exact) mass is 259 g/mol. The number of nitrogens with one attached hydrogen (secondary N) is 2. The van der Waals surface area contributed by atoms with Crippen molar-refractivity contribution in [2.45, 2.75) is 25.8 Å². The van der Waals surface area contributed by atoms with E-state index in [1.54, 1.807) is 13.3 Å². The Morgan fingerprint density at radius 2 is 2.21 bits per heavy atom. The van der Waals surface area contributed by atoms with Gasteiger partial charge in [-0.2, -0.15) is 0 Å². The molecular formula is C15H21N3O. The predicted molar refractivity (Wildman–Crippen MR) is 76.5 cm³/mol.